The van der Waals surface area contributed by atoms with E-state index < -0.39 is 112 Å². The number of hydrogen-bond acceptors (Lipinski definition) is 17. The van der Waals surface area contributed by atoms with E-state index in [2.05, 4.69) is 5.32 Å². The average molecular weight is 908 g/mol. The number of aliphatic hydroxyl groups is 3. The summed E-state index contributed by atoms with van der Waals surface area (Å²) >= 11 is 1.12. The molecular weight excluding hydrogens is 851 g/mol. The van der Waals surface area contributed by atoms with E-state index in [1.54, 1.807) is 87.6 Å². The molecule has 15 nitrogen and oxygen atoms in total. The molecule has 1 saturated heterocycles. The number of esters is 3. The number of nitrogens with one attached hydrogen (secondary N) is 1. The minimum atomic E-state index is -2.20. The number of carbonyl (C=O) groups excluding carboxylic acids is 5. The topological polar surface area (TPSA) is 217 Å². The molecule has 2 aromatic rings. The van der Waals surface area contributed by atoms with Crippen LogP contribution in [0, 0.1) is 22.2 Å². The second-order valence-electron chi connectivity index (χ2n) is 18.3. The Bertz CT molecular complexity index is 1990. The first-order valence-corrected chi connectivity index (χ1v) is 23.9. The number of ketones is 1. The molecule has 3 heterocycles. The fraction of sp³-hybridized carbons (Fsp3) is 0.651. The van der Waals surface area contributed by atoms with Crippen LogP contribution in [0.15, 0.2) is 51.5 Å². The summed E-state index contributed by atoms with van der Waals surface area (Å²) in [5.41, 5.74) is -7.04. The number of thiophene rings is 1. The zero-order chi connectivity index (χ0) is 44.9. The number of furan rings is 1. The van der Waals surface area contributed by atoms with E-state index in [0.29, 0.717) is 12.2 Å². The van der Waals surface area contributed by atoms with Gasteiger partial charge in [-0.3, -0.25) is 9.59 Å². The molecule has 2 saturated carbocycles. The Balaban J connectivity index is 1.49. The summed E-state index contributed by atoms with van der Waals surface area (Å²) in [4.78, 5) is 70.8. The molecule has 1 amide bonds. The number of alkyl carbamates (subject to hydrolysis) is 1. The fourth-order valence-corrected chi connectivity index (χ4v) is 11.7. The minimum absolute atomic E-state index is 0.00802. The van der Waals surface area contributed by atoms with Crippen LogP contribution in [0.2, 0.25) is 0 Å². The Kier molecular flexibility index (Phi) is 13.6. The van der Waals surface area contributed by atoms with E-state index in [1.165, 1.54) is 18.4 Å². The highest BCUT2D eigenvalue weighted by atomic mass is 33.1. The average Bonchev–Trinajstić information content (AvgIpc) is 3.92. The zero-order valence-electron chi connectivity index (χ0n) is 35.9. The molecular formula is C43H57NO14S3. The van der Waals surface area contributed by atoms with Gasteiger partial charge in [-0.1, -0.05) is 48.4 Å². The summed E-state index contributed by atoms with van der Waals surface area (Å²) in [6.45, 7) is 13.4. The summed E-state index contributed by atoms with van der Waals surface area (Å²) < 4.78 is 35.6. The molecule has 4 aliphatic rings. The van der Waals surface area contributed by atoms with Crippen molar-refractivity contribution >= 4 is 62.7 Å². The van der Waals surface area contributed by atoms with E-state index >= 15 is 4.79 Å². The van der Waals surface area contributed by atoms with Crippen LogP contribution in [0.4, 0.5) is 4.79 Å². The van der Waals surface area contributed by atoms with Gasteiger partial charge in [0.2, 0.25) is 0 Å². The predicted molar refractivity (Wildman–Crippen MR) is 226 cm³/mol. The van der Waals surface area contributed by atoms with Gasteiger partial charge in [-0.15, -0.1) is 11.3 Å². The molecule has 61 heavy (non-hydrogen) atoms. The van der Waals surface area contributed by atoms with Crippen molar-refractivity contribution in [3.8, 4) is 0 Å². The van der Waals surface area contributed by atoms with Gasteiger partial charge >= 0.3 is 24.0 Å². The number of ether oxygens (including phenoxy) is 5. The number of carbonyl (C=O) groups is 5. The quantitative estimate of drug-likeness (QED) is 0.0599. The molecule has 336 valence electrons. The lowest BCUT2D eigenvalue weighted by Gasteiger charge is -2.68. The van der Waals surface area contributed by atoms with Crippen molar-refractivity contribution in [1.82, 2.24) is 5.32 Å². The van der Waals surface area contributed by atoms with Gasteiger partial charge in [0.1, 0.15) is 40.1 Å². The predicted octanol–water partition coefficient (Wildman–Crippen LogP) is 5.96. The number of aliphatic hydroxyl groups excluding tert-OH is 2. The number of Topliss-reactive ketones (excluding diaryl/α,β-unsaturated/α-hetero) is 1. The third-order valence-electron chi connectivity index (χ3n) is 13.1. The molecule has 6 rings (SSSR count). The molecule has 4 N–H and O–H groups in total. The number of hydrogen-bond donors (Lipinski definition) is 4. The van der Waals surface area contributed by atoms with Crippen molar-refractivity contribution < 1.29 is 67.4 Å². The lowest BCUT2D eigenvalue weighted by atomic mass is 9.42. The Morgan fingerprint density at radius 1 is 1.08 bits per heavy atom. The normalized spacial score (nSPS) is 32.8. The van der Waals surface area contributed by atoms with Gasteiger partial charge < -0.3 is 48.7 Å². The Labute approximate surface area is 367 Å². The first-order valence-electron chi connectivity index (χ1n) is 20.3. The number of amides is 1. The molecule has 0 unspecified atom stereocenters. The van der Waals surface area contributed by atoms with Crippen molar-refractivity contribution in [3.63, 3.8) is 0 Å². The maximum absolute atomic E-state index is 15.6. The van der Waals surface area contributed by atoms with E-state index in [9.17, 15) is 34.5 Å². The van der Waals surface area contributed by atoms with Gasteiger partial charge in [0.25, 0.3) is 0 Å². The molecule has 0 spiro atoms. The highest BCUT2D eigenvalue weighted by Gasteiger charge is 2.75. The van der Waals surface area contributed by atoms with Crippen molar-refractivity contribution in [2.75, 3.05) is 18.6 Å². The molecule has 18 heteroatoms. The molecule has 0 radical (unpaired) electrons. The van der Waals surface area contributed by atoms with Crippen LogP contribution in [0.3, 0.4) is 0 Å². The van der Waals surface area contributed by atoms with Crippen molar-refractivity contribution in [2.24, 2.45) is 22.2 Å². The van der Waals surface area contributed by atoms with E-state index in [1.807, 2.05) is 13.2 Å². The molecule has 1 aliphatic heterocycles. The van der Waals surface area contributed by atoms with Gasteiger partial charge in [0.15, 0.2) is 18.0 Å². The Hall–Kier alpha value is -3.39. The highest BCUT2D eigenvalue weighted by Crippen LogP contribution is 2.66. The second kappa shape index (κ2) is 17.6. The maximum atomic E-state index is 15.6. The largest absolute Gasteiger partial charge is 0.467 e. The van der Waals surface area contributed by atoms with Crippen LogP contribution in [0.1, 0.15) is 103 Å². The standard InChI is InChI=1S/C43H57NO14S3/c1-22-24(55-37(50)31(47)30(23-13-10-16-53-23)44-38(51)58-39(2,3)4)20-43(52)35(57-36(49)25-14-11-17-60-25)33-41(7)21-54-27(41)19-26(45)42(33,8)34(48)32(29(22)40(43,5)6)56-28(46)15-12-18-61-59-9/h10-11,13-14,16-17,24,26-27,30-33,35,45,47,52H,12,15,18-21H2,1-9H3,(H,44,51)/t24-,26-,27+,30-,31+,32+,33+,35-,41+,42+,43+/m0/s1. The summed E-state index contributed by atoms with van der Waals surface area (Å²) in [5, 5.41) is 41.5. The molecule has 0 aromatic carbocycles. The smallest absolute Gasteiger partial charge is 0.408 e. The minimum Gasteiger partial charge on any atom is -0.467 e. The van der Waals surface area contributed by atoms with Gasteiger partial charge in [0.05, 0.1) is 30.5 Å². The molecule has 3 aliphatic carbocycles. The summed E-state index contributed by atoms with van der Waals surface area (Å²) in [6, 6.07) is 4.70. The molecule has 2 aromatic heterocycles. The third kappa shape index (κ3) is 8.66. The first kappa shape index (κ1) is 47.1. The van der Waals surface area contributed by atoms with Crippen LogP contribution >= 0.6 is 32.9 Å². The van der Waals surface area contributed by atoms with E-state index in [-0.39, 0.29) is 41.2 Å². The highest BCUT2D eigenvalue weighted by molar-refractivity contribution is 8.76. The van der Waals surface area contributed by atoms with Gasteiger partial charge in [-0.2, -0.15) is 0 Å². The second-order valence-corrected chi connectivity index (χ2v) is 21.9. The zero-order valence-corrected chi connectivity index (χ0v) is 38.3. The van der Waals surface area contributed by atoms with Crippen LogP contribution in [0.25, 0.3) is 0 Å². The monoisotopic (exact) mass is 907 g/mol. The molecule has 3 fully saturated rings. The fourth-order valence-electron chi connectivity index (χ4n) is 9.77. The molecule has 11 atom stereocenters. The van der Waals surface area contributed by atoms with Crippen LogP contribution in [-0.4, -0.2) is 112 Å². The van der Waals surface area contributed by atoms with E-state index in [0.717, 1.165) is 11.3 Å². The van der Waals surface area contributed by atoms with Crippen molar-refractivity contribution in [1.29, 1.82) is 0 Å². The third-order valence-corrected chi connectivity index (χ3v) is 15.8. The van der Waals surface area contributed by atoms with Gasteiger partial charge in [-0.05, 0) is 82.0 Å². The summed E-state index contributed by atoms with van der Waals surface area (Å²) in [6.07, 6.45) is -6.39. The number of rotatable bonds is 13. The molecule has 2 bridgehead atoms. The van der Waals surface area contributed by atoms with E-state index in [4.69, 9.17) is 28.1 Å². The Morgan fingerprint density at radius 2 is 1.80 bits per heavy atom. The summed E-state index contributed by atoms with van der Waals surface area (Å²) in [7, 11) is 3.12. The lowest BCUT2D eigenvalue weighted by Crippen LogP contribution is -2.78. The lowest BCUT2D eigenvalue weighted by molar-refractivity contribution is -0.313. The van der Waals surface area contributed by atoms with Gasteiger partial charge in [-0.25, -0.2) is 14.4 Å². The first-order chi connectivity index (χ1) is 28.5. The SMILES string of the molecule is CSSCCCC(=O)O[C@H]1C(=O)[C@@]2(C)[C@H]([C@H](OC(=O)c3cccs3)[C@]3(O)C[C@H](OC(=O)[C@H](O)[C@@H](NC(=O)OC(C)(C)C)c4ccco4)C(C)=C1C3(C)C)[C@]1(C)CO[C@@H]1C[C@@H]2O. The Morgan fingerprint density at radius 3 is 2.39 bits per heavy atom. The maximum Gasteiger partial charge on any atom is 0.408 e. The number of fused-ring (bicyclic) bond motifs is 5. The van der Waals surface area contributed by atoms with Crippen LogP contribution in [0.5, 0.6) is 0 Å². The van der Waals surface area contributed by atoms with Crippen LogP contribution < -0.4 is 5.32 Å². The van der Waals surface area contributed by atoms with Gasteiger partial charge in [0, 0.05) is 41.8 Å². The van der Waals surface area contributed by atoms with Crippen molar-refractivity contribution in [2.45, 2.75) is 135 Å². The van der Waals surface area contributed by atoms with Crippen LogP contribution in [-0.2, 0) is 38.1 Å². The van der Waals surface area contributed by atoms with Crippen molar-refractivity contribution in [3.05, 3.63) is 57.7 Å². The summed E-state index contributed by atoms with van der Waals surface area (Å²) in [5.74, 6) is -3.85.